The molecule has 0 saturated carbocycles. The largest absolute Gasteiger partial charge is 0.462 e. The summed E-state index contributed by atoms with van der Waals surface area (Å²) in [6.07, 6.45) is 1.74. The topological polar surface area (TPSA) is 53.8 Å². The van der Waals surface area contributed by atoms with Gasteiger partial charge in [0.1, 0.15) is 16.3 Å². The molecule has 0 N–H and O–H groups in total. The van der Waals surface area contributed by atoms with Crippen LogP contribution < -0.4 is 0 Å². The minimum absolute atomic E-state index is 0.0786. The molecule has 42 heavy (non-hydrogen) atoms. The quantitative estimate of drug-likeness (QED) is 0.155. The summed E-state index contributed by atoms with van der Waals surface area (Å²) in [5.41, 5.74) is 2.39. The second-order valence-corrected chi connectivity index (χ2v) is 11.5. The predicted octanol–water partition coefficient (Wildman–Crippen LogP) is 5.82. The summed E-state index contributed by atoms with van der Waals surface area (Å²) < 4.78 is 60.6. The van der Waals surface area contributed by atoms with Crippen LogP contribution in [0.1, 0.15) is 60.3 Å². The molecule has 3 aliphatic rings. The zero-order valence-corrected chi connectivity index (χ0v) is 24.3. The number of esters is 1. The van der Waals surface area contributed by atoms with Gasteiger partial charge in [0.2, 0.25) is 0 Å². The molecule has 7 nitrogen and oxygen atoms in total. The number of allylic oxidation sites excluding steroid dienone is 2. The molecule has 2 aliphatic heterocycles. The molecular formula is C30H36ClF4N5O2. The highest BCUT2D eigenvalue weighted by Crippen LogP contribution is 2.42. The van der Waals surface area contributed by atoms with Crippen molar-refractivity contribution in [2.45, 2.75) is 50.1 Å². The van der Waals surface area contributed by atoms with Gasteiger partial charge in [0.15, 0.2) is 0 Å². The van der Waals surface area contributed by atoms with E-state index in [1.165, 1.54) is 10.9 Å². The van der Waals surface area contributed by atoms with Gasteiger partial charge in [-0.25, -0.2) is 22.4 Å². The molecule has 2 unspecified atom stereocenters. The molecular weight excluding hydrogens is 574 g/mol. The smallest absolute Gasteiger partial charge is 0.341 e. The van der Waals surface area contributed by atoms with Gasteiger partial charge in [0.05, 0.1) is 25.4 Å². The van der Waals surface area contributed by atoms with Gasteiger partial charge >= 0.3 is 5.97 Å². The molecule has 3 heterocycles. The maximum absolute atomic E-state index is 14.2. The maximum Gasteiger partial charge on any atom is 0.341 e. The second-order valence-electron chi connectivity index (χ2n) is 10.9. The molecule has 0 radical (unpaired) electrons. The van der Waals surface area contributed by atoms with Crippen molar-refractivity contribution >= 4 is 23.1 Å². The van der Waals surface area contributed by atoms with Crippen LogP contribution in [0.3, 0.4) is 0 Å². The van der Waals surface area contributed by atoms with E-state index >= 15 is 0 Å². The lowest BCUT2D eigenvalue weighted by atomic mass is 9.90. The number of alkyl halides is 5. The van der Waals surface area contributed by atoms with Crippen molar-refractivity contribution in [1.29, 1.82) is 0 Å². The Hall–Kier alpha value is -2.89. The molecule has 0 bridgehead atoms. The van der Waals surface area contributed by atoms with E-state index in [2.05, 4.69) is 14.9 Å². The summed E-state index contributed by atoms with van der Waals surface area (Å²) in [5, 5.41) is 4.24. The minimum Gasteiger partial charge on any atom is -0.462 e. The fourth-order valence-electron chi connectivity index (χ4n) is 6.22. The van der Waals surface area contributed by atoms with Gasteiger partial charge in [-0.3, -0.25) is 14.5 Å². The van der Waals surface area contributed by atoms with Gasteiger partial charge in [0.25, 0.3) is 12.9 Å². The van der Waals surface area contributed by atoms with Crippen LogP contribution in [-0.2, 0) is 4.74 Å². The number of halogens is 5. The summed E-state index contributed by atoms with van der Waals surface area (Å²) in [7, 11) is 0. The number of benzene rings is 1. The number of hydrogen-bond donors (Lipinski definition) is 0. The summed E-state index contributed by atoms with van der Waals surface area (Å²) >= 11 is 7.31. The highest BCUT2D eigenvalue weighted by Gasteiger charge is 2.40. The van der Waals surface area contributed by atoms with E-state index in [-0.39, 0.29) is 24.8 Å². The molecule has 1 aromatic carbocycles. The Morgan fingerprint density at radius 2 is 1.86 bits per heavy atom. The molecule has 2 saturated heterocycles. The lowest BCUT2D eigenvalue weighted by Crippen LogP contribution is -2.55. The van der Waals surface area contributed by atoms with Crippen molar-refractivity contribution in [2.24, 2.45) is 0 Å². The molecule has 12 heteroatoms. The average Bonchev–Trinajstić information content (AvgIpc) is 3.44. The standard InChI is InChI=1S/C30H36ClF4N5O2/c1-2-42-29(41)24-18-36-40(27(24)28(34)35)22-9-6-12-38(19-22)25-17-30(31,11-10-23(25)21-7-4-3-5-8-21)39-15-13-37(14-16-39)20-26(32)33/h3-5,7-8,10-11,18,22,26,28H,2,6,9,12-17,19-20H2,1H3. The average molecular weight is 610 g/mol. The highest BCUT2D eigenvalue weighted by atomic mass is 35.5. The van der Waals surface area contributed by atoms with Crippen molar-refractivity contribution in [3.63, 3.8) is 0 Å². The molecule has 1 aromatic heterocycles. The molecule has 0 amide bonds. The molecule has 0 spiro atoms. The first kappa shape index (κ1) is 30.6. The van der Waals surface area contributed by atoms with Gasteiger partial charge in [-0.2, -0.15) is 5.10 Å². The van der Waals surface area contributed by atoms with Crippen LogP contribution >= 0.6 is 11.6 Å². The van der Waals surface area contributed by atoms with Crippen LogP contribution in [-0.4, -0.2) is 94.3 Å². The summed E-state index contributed by atoms with van der Waals surface area (Å²) in [4.78, 5) is 17.6. The van der Waals surface area contributed by atoms with E-state index < -0.39 is 29.5 Å². The minimum atomic E-state index is -2.89. The Kier molecular flexibility index (Phi) is 9.59. The number of likely N-dealkylation sites (tertiary alicyclic amines) is 1. The Morgan fingerprint density at radius 1 is 1.12 bits per heavy atom. The number of aromatic nitrogens is 2. The number of hydrogen-bond acceptors (Lipinski definition) is 6. The zero-order valence-electron chi connectivity index (χ0n) is 23.6. The fourth-order valence-corrected chi connectivity index (χ4v) is 6.58. The first-order valence-electron chi connectivity index (χ1n) is 14.4. The second kappa shape index (κ2) is 13.2. The lowest BCUT2D eigenvalue weighted by Gasteiger charge is -2.47. The Balaban J connectivity index is 1.42. The van der Waals surface area contributed by atoms with Crippen molar-refractivity contribution in [2.75, 3.05) is 52.4 Å². The third-order valence-corrected chi connectivity index (χ3v) is 8.77. The number of piperidine rings is 1. The van der Waals surface area contributed by atoms with Crippen molar-refractivity contribution in [1.82, 2.24) is 24.5 Å². The molecule has 2 fully saturated rings. The highest BCUT2D eigenvalue weighted by molar-refractivity contribution is 6.25. The third-order valence-electron chi connectivity index (χ3n) is 8.27. The number of ether oxygens (including phenoxy) is 1. The normalized spacial score (nSPS) is 24.2. The van der Waals surface area contributed by atoms with Gasteiger partial charge in [-0.05, 0) is 31.4 Å². The number of carbonyl (C=O) groups is 1. The van der Waals surface area contributed by atoms with Crippen molar-refractivity contribution in [3.05, 3.63) is 71.2 Å². The van der Waals surface area contributed by atoms with Crippen LogP contribution in [0, 0.1) is 0 Å². The van der Waals surface area contributed by atoms with Crippen LogP contribution in [0.4, 0.5) is 17.6 Å². The monoisotopic (exact) mass is 609 g/mol. The van der Waals surface area contributed by atoms with Gasteiger partial charge in [0, 0.05) is 57.0 Å². The van der Waals surface area contributed by atoms with E-state index in [1.54, 1.807) is 11.8 Å². The van der Waals surface area contributed by atoms with E-state index in [0.717, 1.165) is 23.3 Å². The van der Waals surface area contributed by atoms with E-state index in [0.29, 0.717) is 52.1 Å². The summed E-state index contributed by atoms with van der Waals surface area (Å²) in [5.74, 6) is -0.807. The zero-order chi connectivity index (χ0) is 29.9. The molecule has 228 valence electrons. The number of nitrogens with zero attached hydrogens (tertiary/aromatic N) is 5. The van der Waals surface area contributed by atoms with Crippen LogP contribution in [0.25, 0.3) is 5.57 Å². The maximum atomic E-state index is 14.2. The van der Waals surface area contributed by atoms with Crippen molar-refractivity contribution < 1.29 is 27.1 Å². The first-order chi connectivity index (χ1) is 20.2. The molecule has 5 rings (SSSR count). The van der Waals surface area contributed by atoms with Crippen LogP contribution in [0.5, 0.6) is 0 Å². The van der Waals surface area contributed by atoms with Crippen LogP contribution in [0.15, 0.2) is 54.4 Å². The third kappa shape index (κ3) is 6.53. The van der Waals surface area contributed by atoms with Gasteiger partial charge in [-0.15, -0.1) is 0 Å². The lowest BCUT2D eigenvalue weighted by molar-refractivity contribution is 0.0413. The number of carbonyl (C=O) groups excluding carboxylic acids is 1. The van der Waals surface area contributed by atoms with Gasteiger partial charge in [-0.1, -0.05) is 48.0 Å². The van der Waals surface area contributed by atoms with E-state index in [1.807, 2.05) is 42.5 Å². The van der Waals surface area contributed by atoms with Gasteiger partial charge < -0.3 is 9.64 Å². The first-order valence-corrected chi connectivity index (χ1v) is 14.8. The van der Waals surface area contributed by atoms with Crippen molar-refractivity contribution in [3.8, 4) is 0 Å². The fraction of sp³-hybridized carbons (Fsp3) is 0.533. The van der Waals surface area contributed by atoms with E-state index in [9.17, 15) is 22.4 Å². The Labute approximate surface area is 248 Å². The van der Waals surface area contributed by atoms with Crippen LogP contribution in [0.2, 0.25) is 0 Å². The number of rotatable bonds is 9. The Morgan fingerprint density at radius 3 is 2.52 bits per heavy atom. The molecule has 2 atom stereocenters. The summed E-state index contributed by atoms with van der Waals surface area (Å²) in [6.45, 7) is 4.69. The Bertz CT molecular complexity index is 1300. The van der Waals surface area contributed by atoms with E-state index in [4.69, 9.17) is 16.3 Å². The molecule has 1 aliphatic carbocycles. The SMILES string of the molecule is CCOC(=O)c1cnn(C2CCCN(C3=C(c4ccccc4)C=CC(Cl)(N4CCN(CC(F)F)CC4)C3)C2)c1C(F)F. The number of piperazine rings is 1. The molecule has 2 aromatic rings. The summed E-state index contributed by atoms with van der Waals surface area (Å²) in [6, 6.07) is 9.55. The predicted molar refractivity (Wildman–Crippen MR) is 153 cm³/mol.